The van der Waals surface area contributed by atoms with Crippen molar-refractivity contribution in [1.29, 1.82) is 0 Å². The summed E-state index contributed by atoms with van der Waals surface area (Å²) >= 11 is 0. The zero-order valence-corrected chi connectivity index (χ0v) is 17.8. The molecule has 2 saturated heterocycles. The Bertz CT molecular complexity index is 798. The number of ether oxygens (including phenoxy) is 3. The molecular formula is C20H29NO6S. The number of nitrogens with zero attached hydrogens (tertiary/aromatic N) is 1. The molecule has 156 valence electrons. The van der Waals surface area contributed by atoms with Crippen molar-refractivity contribution in [3.05, 3.63) is 17.7 Å². The number of carbonyl (C=O) groups excluding carboxylic acids is 1. The average molecular weight is 412 g/mol. The van der Waals surface area contributed by atoms with Crippen LogP contribution in [0.3, 0.4) is 0 Å². The first kappa shape index (κ1) is 20.8. The molecular weight excluding hydrogens is 382 g/mol. The summed E-state index contributed by atoms with van der Waals surface area (Å²) in [6.07, 6.45) is 4.99. The highest BCUT2D eigenvalue weighted by Crippen LogP contribution is 2.39. The summed E-state index contributed by atoms with van der Waals surface area (Å²) in [5, 5.41) is -0.323. The van der Waals surface area contributed by atoms with Gasteiger partial charge in [0.2, 0.25) is 5.91 Å². The van der Waals surface area contributed by atoms with E-state index in [0.717, 1.165) is 18.4 Å². The van der Waals surface area contributed by atoms with Crippen molar-refractivity contribution in [1.82, 2.24) is 4.90 Å². The Morgan fingerprint density at radius 1 is 1.04 bits per heavy atom. The Labute approximate surface area is 166 Å². The molecule has 1 aromatic carbocycles. The fourth-order valence-electron chi connectivity index (χ4n) is 4.57. The van der Waals surface area contributed by atoms with Crippen LogP contribution in [0.15, 0.2) is 12.1 Å². The minimum absolute atomic E-state index is 0.0330. The molecule has 8 heteroatoms. The predicted octanol–water partition coefficient (Wildman–Crippen LogP) is 2.21. The van der Waals surface area contributed by atoms with E-state index < -0.39 is 9.84 Å². The van der Waals surface area contributed by atoms with Crippen LogP contribution in [0.1, 0.15) is 37.7 Å². The van der Waals surface area contributed by atoms with Crippen molar-refractivity contribution in [3.63, 3.8) is 0 Å². The molecule has 7 nitrogen and oxygen atoms in total. The van der Waals surface area contributed by atoms with Crippen molar-refractivity contribution in [2.45, 2.75) is 55.9 Å². The van der Waals surface area contributed by atoms with Crippen LogP contribution >= 0.6 is 0 Å². The maximum Gasteiger partial charge on any atom is 0.223 e. The summed E-state index contributed by atoms with van der Waals surface area (Å²) in [7, 11) is 1.67. The minimum atomic E-state index is -3.06. The van der Waals surface area contributed by atoms with E-state index in [1.807, 2.05) is 4.90 Å². The quantitative estimate of drug-likeness (QED) is 0.684. The van der Waals surface area contributed by atoms with E-state index in [-0.39, 0.29) is 23.2 Å². The molecule has 2 heterocycles. The Hall–Kier alpha value is -1.96. The highest BCUT2D eigenvalue weighted by molar-refractivity contribution is 7.91. The van der Waals surface area contributed by atoms with Crippen molar-refractivity contribution in [2.24, 2.45) is 0 Å². The van der Waals surface area contributed by atoms with Crippen LogP contribution in [-0.2, 0) is 21.1 Å². The van der Waals surface area contributed by atoms with Gasteiger partial charge >= 0.3 is 0 Å². The summed E-state index contributed by atoms with van der Waals surface area (Å²) in [6.45, 7) is 0. The van der Waals surface area contributed by atoms with E-state index in [4.69, 9.17) is 14.2 Å². The minimum Gasteiger partial charge on any atom is -0.496 e. The third-order valence-corrected chi connectivity index (χ3v) is 7.59. The van der Waals surface area contributed by atoms with Crippen LogP contribution < -0.4 is 14.2 Å². The van der Waals surface area contributed by atoms with Gasteiger partial charge in [0.1, 0.15) is 27.1 Å². The average Bonchev–Trinajstić information content (AvgIpc) is 2.93. The summed E-state index contributed by atoms with van der Waals surface area (Å²) < 4.78 is 40.1. The van der Waals surface area contributed by atoms with Crippen LogP contribution in [-0.4, -0.2) is 64.1 Å². The summed E-state index contributed by atoms with van der Waals surface area (Å²) in [6, 6.07) is 3.63. The second kappa shape index (κ2) is 8.19. The number of rotatable bonds is 7. The van der Waals surface area contributed by atoms with Crippen molar-refractivity contribution in [2.75, 3.05) is 27.6 Å². The highest BCUT2D eigenvalue weighted by Gasteiger charge is 2.45. The topological polar surface area (TPSA) is 82.1 Å². The fraction of sp³-hybridized carbons (Fsp3) is 0.650. The van der Waals surface area contributed by atoms with E-state index in [9.17, 15) is 13.2 Å². The Balaban J connectivity index is 1.72. The third-order valence-electron chi connectivity index (χ3n) is 5.99. The first-order valence-corrected chi connectivity index (χ1v) is 11.5. The van der Waals surface area contributed by atoms with E-state index in [1.165, 1.54) is 6.26 Å². The molecule has 0 N–H and O–H groups in total. The van der Waals surface area contributed by atoms with Gasteiger partial charge < -0.3 is 19.1 Å². The van der Waals surface area contributed by atoms with Gasteiger partial charge in [-0.1, -0.05) is 0 Å². The van der Waals surface area contributed by atoms with E-state index in [1.54, 1.807) is 33.5 Å². The largest absolute Gasteiger partial charge is 0.496 e. The number of methoxy groups -OCH3 is 3. The zero-order chi connectivity index (χ0) is 20.5. The van der Waals surface area contributed by atoms with Gasteiger partial charge in [0.25, 0.3) is 0 Å². The summed E-state index contributed by atoms with van der Waals surface area (Å²) in [4.78, 5) is 14.9. The maximum absolute atomic E-state index is 13.0. The first-order chi connectivity index (χ1) is 13.3. The Morgan fingerprint density at radius 2 is 1.57 bits per heavy atom. The van der Waals surface area contributed by atoms with E-state index >= 15 is 0 Å². The molecule has 3 rings (SSSR count). The molecule has 0 spiro atoms. The molecule has 2 fully saturated rings. The number of carbonyl (C=O) groups is 1. The number of piperidine rings is 1. The van der Waals surface area contributed by atoms with Crippen molar-refractivity contribution in [3.8, 4) is 17.2 Å². The normalized spacial score (nSPS) is 24.1. The molecule has 2 atom stereocenters. The first-order valence-electron chi connectivity index (χ1n) is 9.57. The fourth-order valence-corrected chi connectivity index (χ4v) is 5.71. The van der Waals surface area contributed by atoms with Crippen LogP contribution in [0.5, 0.6) is 17.2 Å². The van der Waals surface area contributed by atoms with Crippen LogP contribution in [0.2, 0.25) is 0 Å². The molecule has 0 saturated carbocycles. The molecule has 0 aliphatic carbocycles. The molecule has 2 aliphatic rings. The number of amides is 1. The lowest BCUT2D eigenvalue weighted by atomic mass is 10.00. The third kappa shape index (κ3) is 4.06. The highest BCUT2D eigenvalue weighted by atomic mass is 32.2. The van der Waals surface area contributed by atoms with Crippen molar-refractivity contribution < 1.29 is 27.4 Å². The number of benzene rings is 1. The van der Waals surface area contributed by atoms with Gasteiger partial charge in [0.15, 0.2) is 0 Å². The second-order valence-corrected chi connectivity index (χ2v) is 9.95. The number of fused-ring (bicyclic) bond motifs is 2. The molecule has 0 radical (unpaired) electrons. The lowest BCUT2D eigenvalue weighted by Gasteiger charge is -2.38. The van der Waals surface area contributed by atoms with E-state index in [0.29, 0.717) is 42.9 Å². The second-order valence-electron chi connectivity index (χ2n) is 7.62. The van der Waals surface area contributed by atoms with Gasteiger partial charge in [0.05, 0.1) is 26.6 Å². The standard InChI is InChI=1S/C20H29NO6S/c1-25-15-11-18(26-2)17(19(12-15)27-3)7-8-20(22)21-13-5-6-14(21)10-16(9-13)28(4,23)24/h11-14,16H,5-10H2,1-4H3. The zero-order valence-electron chi connectivity index (χ0n) is 16.9. The monoisotopic (exact) mass is 411 g/mol. The smallest absolute Gasteiger partial charge is 0.223 e. The van der Waals surface area contributed by atoms with E-state index in [2.05, 4.69) is 0 Å². The molecule has 1 aromatic rings. The summed E-state index contributed by atoms with van der Waals surface area (Å²) in [5.74, 6) is 1.95. The Kier molecular flexibility index (Phi) is 6.07. The van der Waals surface area contributed by atoms with Gasteiger partial charge in [-0.15, -0.1) is 0 Å². The lowest BCUT2D eigenvalue weighted by molar-refractivity contribution is -0.135. The molecule has 2 unspecified atom stereocenters. The molecule has 1 amide bonds. The van der Waals surface area contributed by atoms with Crippen LogP contribution in [0.25, 0.3) is 0 Å². The number of sulfone groups is 1. The number of hydrogen-bond donors (Lipinski definition) is 0. The molecule has 2 bridgehead atoms. The SMILES string of the molecule is COc1cc(OC)c(CCC(=O)N2C3CCC2CC(S(C)(=O)=O)C3)c(OC)c1. The van der Waals surface area contributed by atoms with Gasteiger partial charge in [-0.2, -0.15) is 0 Å². The van der Waals surface area contributed by atoms with Crippen molar-refractivity contribution >= 4 is 15.7 Å². The predicted molar refractivity (Wildman–Crippen MR) is 106 cm³/mol. The summed E-state index contributed by atoms with van der Waals surface area (Å²) in [5.41, 5.74) is 0.831. The Morgan fingerprint density at radius 3 is 2.00 bits per heavy atom. The maximum atomic E-state index is 13.0. The number of hydrogen-bond acceptors (Lipinski definition) is 6. The van der Waals surface area contributed by atoms with Gasteiger partial charge in [0, 0.05) is 42.5 Å². The molecule has 0 aromatic heterocycles. The van der Waals surface area contributed by atoms with Crippen LogP contribution in [0.4, 0.5) is 0 Å². The van der Waals surface area contributed by atoms with Gasteiger partial charge in [-0.25, -0.2) is 8.42 Å². The van der Waals surface area contributed by atoms with Gasteiger partial charge in [-0.05, 0) is 32.1 Å². The van der Waals surface area contributed by atoms with Gasteiger partial charge in [-0.3, -0.25) is 4.79 Å². The lowest BCUT2D eigenvalue weighted by Crippen LogP contribution is -2.49. The molecule has 2 aliphatic heterocycles. The van der Waals surface area contributed by atoms with Crippen LogP contribution in [0, 0.1) is 0 Å². The molecule has 28 heavy (non-hydrogen) atoms.